The van der Waals surface area contributed by atoms with Crippen molar-refractivity contribution in [3.05, 3.63) is 59.1 Å². The first kappa shape index (κ1) is 22.2. The Morgan fingerprint density at radius 3 is 2.39 bits per heavy atom. The van der Waals surface area contributed by atoms with E-state index < -0.39 is 10.0 Å². The monoisotopic (exact) mass is 424 g/mol. The highest BCUT2D eigenvalue weighted by molar-refractivity contribution is 7.89. The minimum Gasteiger partial charge on any atom is -0.492 e. The highest BCUT2D eigenvalue weighted by atomic mass is 35.5. The second-order valence-electron chi connectivity index (χ2n) is 6.50. The maximum Gasteiger partial charge on any atom is 0.242 e. The van der Waals surface area contributed by atoms with Gasteiger partial charge in [-0.2, -0.15) is 0 Å². The van der Waals surface area contributed by atoms with Crippen LogP contribution < -0.4 is 14.8 Å². The second kappa shape index (κ2) is 10.5. The highest BCUT2D eigenvalue weighted by Crippen LogP contribution is 2.20. The fourth-order valence-electron chi connectivity index (χ4n) is 2.44. The van der Waals surface area contributed by atoms with Crippen molar-refractivity contribution in [3.8, 4) is 5.75 Å². The van der Waals surface area contributed by atoms with E-state index in [1.807, 2.05) is 24.3 Å². The third kappa shape index (κ3) is 6.82. The SMILES string of the molecule is CC(C)c1ccc(OCCNC(=O)CCNS(=O)(=O)c2ccccc2Cl)cc1. The summed E-state index contributed by atoms with van der Waals surface area (Å²) in [5.41, 5.74) is 1.24. The molecular formula is C20H25ClN2O4S. The minimum atomic E-state index is -3.74. The predicted octanol–water partition coefficient (Wildman–Crippen LogP) is 3.33. The molecule has 2 aromatic rings. The smallest absolute Gasteiger partial charge is 0.242 e. The molecule has 2 N–H and O–H groups in total. The molecule has 28 heavy (non-hydrogen) atoms. The molecule has 0 aromatic heterocycles. The number of carbonyl (C=O) groups is 1. The van der Waals surface area contributed by atoms with Gasteiger partial charge in [-0.3, -0.25) is 4.79 Å². The van der Waals surface area contributed by atoms with Gasteiger partial charge in [0.1, 0.15) is 17.3 Å². The molecule has 0 radical (unpaired) electrons. The summed E-state index contributed by atoms with van der Waals surface area (Å²) < 4.78 is 32.3. The number of nitrogens with one attached hydrogen (secondary N) is 2. The molecule has 1 amide bonds. The highest BCUT2D eigenvalue weighted by Gasteiger charge is 2.17. The lowest BCUT2D eigenvalue weighted by molar-refractivity contribution is -0.121. The van der Waals surface area contributed by atoms with Crippen LogP contribution in [0.4, 0.5) is 0 Å². The summed E-state index contributed by atoms with van der Waals surface area (Å²) in [6, 6.07) is 14.0. The fraction of sp³-hybridized carbons (Fsp3) is 0.350. The van der Waals surface area contributed by atoms with Crippen LogP contribution in [-0.2, 0) is 14.8 Å². The van der Waals surface area contributed by atoms with Crippen molar-refractivity contribution in [2.75, 3.05) is 19.7 Å². The number of hydrogen-bond acceptors (Lipinski definition) is 4. The van der Waals surface area contributed by atoms with Gasteiger partial charge < -0.3 is 10.1 Å². The number of sulfonamides is 1. The number of ether oxygens (including phenoxy) is 1. The molecule has 2 aromatic carbocycles. The molecule has 0 bridgehead atoms. The molecule has 0 saturated carbocycles. The second-order valence-corrected chi connectivity index (χ2v) is 8.64. The topological polar surface area (TPSA) is 84.5 Å². The van der Waals surface area contributed by atoms with E-state index in [0.29, 0.717) is 19.1 Å². The van der Waals surface area contributed by atoms with Crippen molar-refractivity contribution in [1.29, 1.82) is 0 Å². The Bertz CT molecular complexity index is 883. The summed E-state index contributed by atoms with van der Waals surface area (Å²) in [7, 11) is -3.74. The van der Waals surface area contributed by atoms with E-state index in [1.165, 1.54) is 17.7 Å². The lowest BCUT2D eigenvalue weighted by Gasteiger charge is -2.10. The number of carbonyl (C=O) groups excluding carboxylic acids is 1. The van der Waals surface area contributed by atoms with Crippen LogP contribution in [0.25, 0.3) is 0 Å². The number of halogens is 1. The van der Waals surface area contributed by atoms with Crippen molar-refractivity contribution >= 4 is 27.5 Å². The van der Waals surface area contributed by atoms with Crippen molar-refractivity contribution in [1.82, 2.24) is 10.0 Å². The Morgan fingerprint density at radius 1 is 1.07 bits per heavy atom. The standard InChI is InChI=1S/C20H25ClN2O4S/c1-15(2)16-7-9-17(10-8-16)27-14-13-22-20(24)11-12-23-28(25,26)19-6-4-3-5-18(19)21/h3-10,15,23H,11-14H2,1-2H3,(H,22,24). The lowest BCUT2D eigenvalue weighted by Crippen LogP contribution is -2.32. The van der Waals surface area contributed by atoms with Crippen LogP contribution in [0.3, 0.4) is 0 Å². The van der Waals surface area contributed by atoms with Crippen molar-refractivity contribution in [2.24, 2.45) is 0 Å². The van der Waals surface area contributed by atoms with Crippen molar-refractivity contribution in [2.45, 2.75) is 31.1 Å². The summed E-state index contributed by atoms with van der Waals surface area (Å²) >= 11 is 5.90. The van der Waals surface area contributed by atoms with E-state index in [9.17, 15) is 13.2 Å². The summed E-state index contributed by atoms with van der Waals surface area (Å²) in [6.07, 6.45) is 0.0206. The van der Waals surface area contributed by atoms with Gasteiger partial charge in [0, 0.05) is 13.0 Å². The van der Waals surface area contributed by atoms with Gasteiger partial charge in [0.2, 0.25) is 15.9 Å². The Balaban J connectivity index is 1.67. The van der Waals surface area contributed by atoms with E-state index >= 15 is 0 Å². The largest absolute Gasteiger partial charge is 0.492 e. The molecule has 0 aliphatic heterocycles. The van der Waals surface area contributed by atoms with Crippen LogP contribution >= 0.6 is 11.6 Å². The summed E-state index contributed by atoms with van der Waals surface area (Å²) in [5, 5.41) is 2.83. The van der Waals surface area contributed by atoms with Gasteiger partial charge in [-0.05, 0) is 35.7 Å². The molecule has 0 aliphatic rings. The maximum absolute atomic E-state index is 12.2. The summed E-state index contributed by atoms with van der Waals surface area (Å²) in [6.45, 7) is 4.90. The minimum absolute atomic E-state index is 0.00559. The van der Waals surface area contributed by atoms with Crippen LogP contribution in [0.15, 0.2) is 53.4 Å². The normalized spacial score (nSPS) is 11.4. The lowest BCUT2D eigenvalue weighted by atomic mass is 10.0. The van der Waals surface area contributed by atoms with Gasteiger partial charge in [0.05, 0.1) is 11.6 Å². The summed E-state index contributed by atoms with van der Waals surface area (Å²) in [5.74, 6) is 0.940. The van der Waals surface area contributed by atoms with Gasteiger partial charge in [-0.1, -0.05) is 49.7 Å². The zero-order valence-corrected chi connectivity index (χ0v) is 17.5. The van der Waals surface area contributed by atoms with Crippen LogP contribution in [0.1, 0.15) is 31.7 Å². The first-order valence-corrected chi connectivity index (χ1v) is 10.9. The molecule has 0 heterocycles. The molecule has 152 valence electrons. The predicted molar refractivity (Wildman–Crippen MR) is 110 cm³/mol. The van der Waals surface area contributed by atoms with Crippen LogP contribution in [0.2, 0.25) is 5.02 Å². The molecule has 8 heteroatoms. The van der Waals surface area contributed by atoms with E-state index in [1.54, 1.807) is 12.1 Å². The van der Waals surface area contributed by atoms with Crippen LogP contribution in [-0.4, -0.2) is 34.0 Å². The molecule has 0 spiro atoms. The van der Waals surface area contributed by atoms with Crippen LogP contribution in [0.5, 0.6) is 5.75 Å². The third-order valence-electron chi connectivity index (χ3n) is 4.01. The average molecular weight is 425 g/mol. The molecule has 0 unspecified atom stereocenters. The number of benzene rings is 2. The Hall–Kier alpha value is -2.09. The molecule has 0 saturated heterocycles. The quantitative estimate of drug-likeness (QED) is 0.573. The Morgan fingerprint density at radius 2 is 1.75 bits per heavy atom. The maximum atomic E-state index is 12.2. The average Bonchev–Trinajstić information content (AvgIpc) is 2.65. The van der Waals surface area contributed by atoms with Crippen LogP contribution in [0, 0.1) is 0 Å². The zero-order chi connectivity index (χ0) is 20.6. The van der Waals surface area contributed by atoms with Gasteiger partial charge in [-0.15, -0.1) is 0 Å². The molecular weight excluding hydrogens is 400 g/mol. The molecule has 6 nitrogen and oxygen atoms in total. The molecule has 0 aliphatic carbocycles. The van der Waals surface area contributed by atoms with E-state index in [0.717, 1.165) is 5.75 Å². The van der Waals surface area contributed by atoms with E-state index in [4.69, 9.17) is 16.3 Å². The van der Waals surface area contributed by atoms with Gasteiger partial charge in [-0.25, -0.2) is 13.1 Å². The first-order chi connectivity index (χ1) is 13.3. The number of rotatable bonds is 10. The van der Waals surface area contributed by atoms with Gasteiger partial charge in [0.25, 0.3) is 0 Å². The Labute approximate surface area is 171 Å². The Kier molecular flexibility index (Phi) is 8.29. The first-order valence-electron chi connectivity index (χ1n) is 9.03. The van der Waals surface area contributed by atoms with Gasteiger partial charge >= 0.3 is 0 Å². The molecule has 2 rings (SSSR count). The molecule has 0 atom stereocenters. The van der Waals surface area contributed by atoms with Crippen molar-refractivity contribution in [3.63, 3.8) is 0 Å². The van der Waals surface area contributed by atoms with Gasteiger partial charge in [0.15, 0.2) is 0 Å². The van der Waals surface area contributed by atoms with Crippen molar-refractivity contribution < 1.29 is 17.9 Å². The number of amides is 1. The fourth-order valence-corrected chi connectivity index (χ4v) is 3.99. The van der Waals surface area contributed by atoms with E-state index in [-0.39, 0.29) is 28.8 Å². The third-order valence-corrected chi connectivity index (χ3v) is 5.97. The summed E-state index contributed by atoms with van der Waals surface area (Å²) in [4.78, 5) is 11.8. The zero-order valence-electron chi connectivity index (χ0n) is 15.9. The number of hydrogen-bond donors (Lipinski definition) is 2. The molecule has 0 fully saturated rings. The van der Waals surface area contributed by atoms with E-state index in [2.05, 4.69) is 23.9 Å².